The first-order valence-electron chi connectivity index (χ1n) is 5.45. The van der Waals surface area contributed by atoms with Crippen molar-refractivity contribution in [3.63, 3.8) is 0 Å². The van der Waals surface area contributed by atoms with Crippen LogP contribution in [0.15, 0.2) is 29.4 Å². The average Bonchev–Trinajstić information content (AvgIpc) is 2.46. The Bertz CT molecular complexity index is 554. The molecule has 0 N–H and O–H groups in total. The number of hydrogen-bond donors (Lipinski definition) is 0. The second kappa shape index (κ2) is 6.96. The van der Waals surface area contributed by atoms with E-state index in [1.165, 1.54) is 18.3 Å². The summed E-state index contributed by atoms with van der Waals surface area (Å²) in [5, 5.41) is 0. The van der Waals surface area contributed by atoms with Crippen LogP contribution in [0.4, 0.5) is 0 Å². The topological polar surface area (TPSA) is 103 Å². The number of aromatic nitrogens is 1. The second-order valence-electron chi connectivity index (χ2n) is 3.61. The summed E-state index contributed by atoms with van der Waals surface area (Å²) >= 11 is 0. The molecule has 1 heterocycles. The zero-order valence-electron chi connectivity index (χ0n) is 11.0. The van der Waals surface area contributed by atoms with Crippen LogP contribution < -0.4 is 0 Å². The van der Waals surface area contributed by atoms with Gasteiger partial charge >= 0.3 is 11.9 Å². The van der Waals surface area contributed by atoms with Crippen molar-refractivity contribution in [2.75, 3.05) is 27.3 Å². The Hall–Kier alpha value is -2.00. The van der Waals surface area contributed by atoms with E-state index in [4.69, 9.17) is 0 Å². The van der Waals surface area contributed by atoms with Crippen LogP contribution in [0.25, 0.3) is 0 Å². The molecule has 0 bridgehead atoms. The molecule has 0 fully saturated rings. The number of carbonyl (C=O) groups excluding carboxylic acids is 2. The van der Waals surface area contributed by atoms with Gasteiger partial charge in [0.2, 0.25) is 10.0 Å². The maximum atomic E-state index is 12.3. The monoisotopic (exact) mass is 302 g/mol. The molecule has 9 heteroatoms. The standard InChI is InChI=1S/C11H14N2O6S/c1-18-10(14)7-13(8-11(15)19-2)20(16,17)9-4-3-5-12-6-9/h3-6H,7-8H2,1-2H3. The van der Waals surface area contributed by atoms with E-state index in [1.54, 1.807) is 0 Å². The molecule has 0 atom stereocenters. The molecule has 1 aromatic heterocycles. The average molecular weight is 302 g/mol. The number of hydrogen-bond acceptors (Lipinski definition) is 7. The van der Waals surface area contributed by atoms with Crippen LogP contribution in [0.3, 0.4) is 0 Å². The first-order valence-corrected chi connectivity index (χ1v) is 6.89. The number of sulfonamides is 1. The van der Waals surface area contributed by atoms with Crippen LogP contribution in [-0.2, 0) is 29.1 Å². The molecule has 0 radical (unpaired) electrons. The van der Waals surface area contributed by atoms with Gasteiger partial charge < -0.3 is 9.47 Å². The van der Waals surface area contributed by atoms with Gasteiger partial charge in [0, 0.05) is 12.4 Å². The fraction of sp³-hybridized carbons (Fsp3) is 0.364. The van der Waals surface area contributed by atoms with Crippen molar-refractivity contribution in [3.8, 4) is 0 Å². The number of carbonyl (C=O) groups is 2. The number of esters is 2. The molecule has 0 spiro atoms. The van der Waals surface area contributed by atoms with Crippen molar-refractivity contribution in [2.45, 2.75) is 4.90 Å². The lowest BCUT2D eigenvalue weighted by Crippen LogP contribution is -2.40. The second-order valence-corrected chi connectivity index (χ2v) is 5.55. The normalized spacial score (nSPS) is 11.2. The van der Waals surface area contributed by atoms with Crippen LogP contribution >= 0.6 is 0 Å². The lowest BCUT2D eigenvalue weighted by Gasteiger charge is -2.19. The third kappa shape index (κ3) is 4.00. The minimum atomic E-state index is -4.04. The van der Waals surface area contributed by atoms with E-state index in [9.17, 15) is 18.0 Å². The van der Waals surface area contributed by atoms with Crippen LogP contribution in [0.5, 0.6) is 0 Å². The maximum absolute atomic E-state index is 12.3. The van der Waals surface area contributed by atoms with E-state index in [0.717, 1.165) is 20.4 Å². The van der Waals surface area contributed by atoms with Gasteiger partial charge in [0.05, 0.1) is 14.2 Å². The van der Waals surface area contributed by atoms with E-state index < -0.39 is 35.1 Å². The molecule has 0 unspecified atom stereocenters. The zero-order valence-corrected chi connectivity index (χ0v) is 11.8. The van der Waals surface area contributed by atoms with Gasteiger partial charge in [-0.05, 0) is 12.1 Å². The van der Waals surface area contributed by atoms with Gasteiger partial charge in [-0.3, -0.25) is 14.6 Å². The van der Waals surface area contributed by atoms with Gasteiger partial charge in [0.25, 0.3) is 0 Å². The quantitative estimate of drug-likeness (QED) is 0.647. The van der Waals surface area contributed by atoms with Crippen LogP contribution in [0.1, 0.15) is 0 Å². The van der Waals surface area contributed by atoms with Crippen molar-refractivity contribution < 1.29 is 27.5 Å². The summed E-state index contributed by atoms with van der Waals surface area (Å²) in [4.78, 5) is 26.1. The van der Waals surface area contributed by atoms with Gasteiger partial charge in [-0.15, -0.1) is 0 Å². The first-order chi connectivity index (χ1) is 9.41. The summed E-state index contributed by atoms with van der Waals surface area (Å²) in [7, 11) is -1.80. The van der Waals surface area contributed by atoms with Crippen LogP contribution in [0, 0.1) is 0 Å². The van der Waals surface area contributed by atoms with E-state index in [0.29, 0.717) is 4.31 Å². The lowest BCUT2D eigenvalue weighted by atomic mass is 10.5. The largest absolute Gasteiger partial charge is 0.468 e. The van der Waals surface area contributed by atoms with Crippen molar-refractivity contribution in [1.29, 1.82) is 0 Å². The maximum Gasteiger partial charge on any atom is 0.321 e. The van der Waals surface area contributed by atoms with Crippen LogP contribution in [0.2, 0.25) is 0 Å². The summed E-state index contributed by atoms with van der Waals surface area (Å²) in [6.45, 7) is -1.19. The minimum Gasteiger partial charge on any atom is -0.468 e. The van der Waals surface area contributed by atoms with Crippen LogP contribution in [-0.4, -0.2) is 57.0 Å². The molecule has 0 saturated carbocycles. The summed E-state index contributed by atoms with van der Waals surface area (Å²) in [6, 6.07) is 2.74. The van der Waals surface area contributed by atoms with Gasteiger partial charge in [-0.25, -0.2) is 8.42 Å². The van der Waals surface area contributed by atoms with Crippen molar-refractivity contribution in [3.05, 3.63) is 24.5 Å². The van der Waals surface area contributed by atoms with E-state index in [-0.39, 0.29) is 4.90 Å². The fourth-order valence-corrected chi connectivity index (χ4v) is 2.59. The molecule has 1 aromatic rings. The molecule has 0 amide bonds. The van der Waals surface area contributed by atoms with Gasteiger partial charge in [-0.1, -0.05) is 0 Å². The third-order valence-electron chi connectivity index (χ3n) is 2.34. The molecule has 110 valence electrons. The Morgan fingerprint density at radius 1 is 1.20 bits per heavy atom. The molecule has 20 heavy (non-hydrogen) atoms. The van der Waals surface area contributed by atoms with Gasteiger partial charge in [0.15, 0.2) is 0 Å². The minimum absolute atomic E-state index is 0.132. The van der Waals surface area contributed by atoms with Crippen molar-refractivity contribution >= 4 is 22.0 Å². The first kappa shape index (κ1) is 16.1. The highest BCUT2D eigenvalue weighted by Crippen LogP contribution is 2.14. The molecule has 0 aliphatic carbocycles. The molecule has 0 aliphatic heterocycles. The smallest absolute Gasteiger partial charge is 0.321 e. The van der Waals surface area contributed by atoms with Crippen molar-refractivity contribution in [1.82, 2.24) is 9.29 Å². The number of nitrogens with zero attached hydrogens (tertiary/aromatic N) is 2. The Morgan fingerprint density at radius 3 is 2.15 bits per heavy atom. The number of rotatable bonds is 6. The Kier molecular flexibility index (Phi) is 5.59. The predicted octanol–water partition coefficient (Wildman–Crippen LogP) is -0.582. The zero-order chi connectivity index (χ0) is 15.2. The van der Waals surface area contributed by atoms with E-state index >= 15 is 0 Å². The van der Waals surface area contributed by atoms with Crippen molar-refractivity contribution in [2.24, 2.45) is 0 Å². The highest BCUT2D eigenvalue weighted by molar-refractivity contribution is 7.89. The summed E-state index contributed by atoms with van der Waals surface area (Å²) in [5.74, 6) is -1.58. The molecular formula is C11H14N2O6S. The molecular weight excluding hydrogens is 288 g/mol. The molecule has 8 nitrogen and oxygen atoms in total. The van der Waals surface area contributed by atoms with E-state index in [1.807, 2.05) is 0 Å². The number of methoxy groups -OCH3 is 2. The van der Waals surface area contributed by atoms with E-state index in [2.05, 4.69) is 14.5 Å². The molecule has 0 saturated heterocycles. The summed E-state index contributed by atoms with van der Waals surface area (Å²) in [5.41, 5.74) is 0. The SMILES string of the molecule is COC(=O)CN(CC(=O)OC)S(=O)(=O)c1cccnc1. The summed E-state index contributed by atoms with van der Waals surface area (Å²) < 4.78 is 34.1. The van der Waals surface area contributed by atoms with Gasteiger partial charge in [0.1, 0.15) is 18.0 Å². The Labute approximate surface area is 116 Å². The fourth-order valence-electron chi connectivity index (χ4n) is 1.29. The third-order valence-corrected chi connectivity index (χ3v) is 4.11. The number of ether oxygens (including phenoxy) is 2. The number of pyridine rings is 1. The molecule has 0 aromatic carbocycles. The Balaban J connectivity index is 3.08. The molecule has 1 rings (SSSR count). The highest BCUT2D eigenvalue weighted by Gasteiger charge is 2.29. The Morgan fingerprint density at radius 2 is 1.75 bits per heavy atom. The van der Waals surface area contributed by atoms with Gasteiger partial charge in [-0.2, -0.15) is 4.31 Å². The molecule has 0 aliphatic rings. The summed E-state index contributed by atoms with van der Waals surface area (Å²) in [6.07, 6.45) is 2.53. The lowest BCUT2D eigenvalue weighted by molar-refractivity contribution is -0.143. The predicted molar refractivity (Wildman–Crippen MR) is 67.0 cm³/mol. The highest BCUT2D eigenvalue weighted by atomic mass is 32.2.